The van der Waals surface area contributed by atoms with Crippen molar-refractivity contribution in [3.63, 3.8) is 0 Å². The molecule has 0 spiro atoms. The number of amides is 2. The normalized spacial score (nSPS) is 16.8. The highest BCUT2D eigenvalue weighted by molar-refractivity contribution is 6.04. The molecule has 1 fully saturated rings. The van der Waals surface area contributed by atoms with Crippen LogP contribution in [0.4, 0.5) is 14.9 Å². The van der Waals surface area contributed by atoms with Crippen LogP contribution in [0.2, 0.25) is 0 Å². The Labute approximate surface area is 226 Å². The Morgan fingerprint density at radius 1 is 0.949 bits per heavy atom. The van der Waals surface area contributed by atoms with Crippen molar-refractivity contribution in [3.05, 3.63) is 138 Å². The zero-order chi connectivity index (χ0) is 27.2. The first-order chi connectivity index (χ1) is 19.0. The average Bonchev–Trinajstić information content (AvgIpc) is 3.31. The van der Waals surface area contributed by atoms with Gasteiger partial charge >= 0.3 is 6.03 Å². The van der Waals surface area contributed by atoms with Gasteiger partial charge in [0, 0.05) is 22.9 Å². The minimum Gasteiger partial charge on any atom is -0.497 e. The minimum atomic E-state index is -0.561. The number of hydrogen-bond donors (Lipinski definition) is 1. The number of rotatable bonds is 9. The summed E-state index contributed by atoms with van der Waals surface area (Å²) in [5.74, 6) is 0.462. The van der Waals surface area contributed by atoms with Crippen molar-refractivity contribution in [2.75, 3.05) is 12.0 Å². The quantitative estimate of drug-likeness (QED) is 0.202. The Morgan fingerprint density at radius 3 is 2.33 bits per heavy atom. The maximum absolute atomic E-state index is 13.3. The highest BCUT2D eigenvalue weighted by Gasteiger charge is 2.41. The summed E-state index contributed by atoms with van der Waals surface area (Å²) in [5.41, 5.74) is 2.79. The number of hydrogen-bond acceptors (Lipinski definition) is 4. The molecule has 0 saturated carbocycles. The summed E-state index contributed by atoms with van der Waals surface area (Å²) in [7, 11) is 1.58. The lowest BCUT2D eigenvalue weighted by Gasteiger charge is -2.28. The lowest BCUT2D eigenvalue weighted by molar-refractivity contribution is 0.104. The van der Waals surface area contributed by atoms with Crippen molar-refractivity contribution >= 4 is 17.5 Å². The number of para-hydroxylation sites is 1. The van der Waals surface area contributed by atoms with Gasteiger partial charge in [-0.3, -0.25) is 9.69 Å². The summed E-state index contributed by atoms with van der Waals surface area (Å²) in [6, 6.07) is 28.6. The number of ether oxygens (including phenoxy) is 2. The van der Waals surface area contributed by atoms with E-state index in [2.05, 4.69) is 5.32 Å². The molecule has 1 heterocycles. The van der Waals surface area contributed by atoms with Crippen LogP contribution >= 0.6 is 0 Å². The van der Waals surface area contributed by atoms with E-state index in [9.17, 15) is 14.0 Å². The maximum atomic E-state index is 13.3. The van der Waals surface area contributed by atoms with Crippen LogP contribution in [0.5, 0.6) is 11.5 Å². The Morgan fingerprint density at radius 2 is 1.64 bits per heavy atom. The van der Waals surface area contributed by atoms with Gasteiger partial charge in [-0.1, -0.05) is 54.6 Å². The predicted octanol–water partition coefficient (Wildman–Crippen LogP) is 6.49. The number of carbonyl (C=O) groups excluding carboxylic acids is 2. The number of nitrogens with zero attached hydrogens (tertiary/aromatic N) is 1. The van der Waals surface area contributed by atoms with E-state index in [-0.39, 0.29) is 11.8 Å². The van der Waals surface area contributed by atoms with E-state index in [1.54, 1.807) is 24.2 Å². The fourth-order valence-corrected chi connectivity index (χ4v) is 4.58. The monoisotopic (exact) mass is 522 g/mol. The van der Waals surface area contributed by atoms with Gasteiger partial charge in [0.2, 0.25) is 0 Å². The summed E-state index contributed by atoms with van der Waals surface area (Å²) < 4.78 is 25.1. The molecule has 1 N–H and O–H groups in total. The number of nitrogens with one attached hydrogen (secondary N) is 1. The number of anilines is 1. The third kappa shape index (κ3) is 5.83. The van der Waals surface area contributed by atoms with Crippen molar-refractivity contribution in [1.82, 2.24) is 5.32 Å². The second-order valence-corrected chi connectivity index (χ2v) is 9.03. The van der Waals surface area contributed by atoms with Gasteiger partial charge in [0.25, 0.3) is 0 Å². The Balaban J connectivity index is 1.53. The SMILES string of the molecule is COc1ccc([C@@H]2[C@@H](/C=C/C(=O)c3ccc(F)cc3)NC(=O)N2c2ccccc2)c(OCc2ccccc2)c1. The lowest BCUT2D eigenvalue weighted by Crippen LogP contribution is -2.29. The van der Waals surface area contributed by atoms with Crippen molar-refractivity contribution in [3.8, 4) is 11.5 Å². The van der Waals surface area contributed by atoms with E-state index in [1.165, 1.54) is 30.3 Å². The van der Waals surface area contributed by atoms with Gasteiger partial charge in [-0.2, -0.15) is 0 Å². The van der Waals surface area contributed by atoms with Crippen LogP contribution in [0.25, 0.3) is 0 Å². The van der Waals surface area contributed by atoms with Gasteiger partial charge in [0.15, 0.2) is 5.78 Å². The fourth-order valence-electron chi connectivity index (χ4n) is 4.58. The molecule has 0 aromatic heterocycles. The molecule has 196 valence electrons. The average molecular weight is 523 g/mol. The molecule has 2 atom stereocenters. The number of carbonyl (C=O) groups is 2. The van der Waals surface area contributed by atoms with E-state index in [0.717, 1.165) is 11.1 Å². The molecule has 1 saturated heterocycles. The summed E-state index contributed by atoms with van der Waals surface area (Å²) in [4.78, 5) is 27.8. The third-order valence-corrected chi connectivity index (χ3v) is 6.52. The Kier molecular flexibility index (Phi) is 7.68. The van der Waals surface area contributed by atoms with Crippen LogP contribution in [0.3, 0.4) is 0 Å². The van der Waals surface area contributed by atoms with Crippen molar-refractivity contribution < 1.29 is 23.5 Å². The largest absolute Gasteiger partial charge is 0.497 e. The van der Waals surface area contributed by atoms with Crippen LogP contribution in [0, 0.1) is 5.82 Å². The summed E-state index contributed by atoms with van der Waals surface area (Å²) in [5, 5.41) is 3.00. The summed E-state index contributed by atoms with van der Waals surface area (Å²) in [6.07, 6.45) is 3.08. The first-order valence-electron chi connectivity index (χ1n) is 12.5. The molecule has 1 aliphatic rings. The van der Waals surface area contributed by atoms with Crippen LogP contribution in [-0.4, -0.2) is 25.0 Å². The number of halogens is 1. The Bertz CT molecular complexity index is 1470. The summed E-state index contributed by atoms with van der Waals surface area (Å²) >= 11 is 0. The molecule has 5 rings (SSSR count). The molecule has 4 aromatic rings. The molecule has 0 unspecified atom stereocenters. The molecule has 2 amide bonds. The first kappa shape index (κ1) is 25.7. The van der Waals surface area contributed by atoms with E-state index in [0.29, 0.717) is 29.4 Å². The standard InChI is InChI=1S/C32H27FN2O4/c1-38-26-16-17-27(30(20-26)39-21-22-8-4-2-5-9-22)31-28(18-19-29(36)23-12-14-24(33)15-13-23)34-32(37)35(31)25-10-6-3-7-11-25/h2-20,28,31H,21H2,1H3,(H,34,37)/b19-18+/t28-,31-/m1/s1. The van der Waals surface area contributed by atoms with E-state index in [1.807, 2.05) is 72.8 Å². The molecule has 0 radical (unpaired) electrons. The van der Waals surface area contributed by atoms with Gasteiger partial charge in [0.05, 0.1) is 19.2 Å². The Hall–Kier alpha value is -4.91. The van der Waals surface area contributed by atoms with Gasteiger partial charge in [-0.25, -0.2) is 9.18 Å². The topological polar surface area (TPSA) is 67.9 Å². The van der Waals surface area contributed by atoms with Crippen LogP contribution < -0.4 is 19.7 Å². The van der Waals surface area contributed by atoms with E-state index >= 15 is 0 Å². The zero-order valence-electron chi connectivity index (χ0n) is 21.3. The number of allylic oxidation sites excluding steroid dienone is 1. The van der Waals surface area contributed by atoms with Crippen molar-refractivity contribution in [1.29, 1.82) is 0 Å². The highest BCUT2D eigenvalue weighted by Crippen LogP contribution is 2.40. The maximum Gasteiger partial charge on any atom is 0.323 e. The molecular weight excluding hydrogens is 495 g/mol. The fraction of sp³-hybridized carbons (Fsp3) is 0.125. The molecule has 1 aliphatic heterocycles. The number of methoxy groups -OCH3 is 1. The molecule has 39 heavy (non-hydrogen) atoms. The van der Waals surface area contributed by atoms with Crippen LogP contribution in [0.1, 0.15) is 27.5 Å². The molecule has 0 aliphatic carbocycles. The number of ketones is 1. The summed E-state index contributed by atoms with van der Waals surface area (Å²) in [6.45, 7) is 0.323. The lowest BCUT2D eigenvalue weighted by atomic mass is 9.96. The molecule has 6 nitrogen and oxygen atoms in total. The molecular formula is C32H27FN2O4. The zero-order valence-corrected chi connectivity index (χ0v) is 21.3. The highest BCUT2D eigenvalue weighted by atomic mass is 19.1. The van der Waals surface area contributed by atoms with Crippen LogP contribution in [-0.2, 0) is 6.61 Å². The number of urea groups is 1. The van der Waals surface area contributed by atoms with Crippen molar-refractivity contribution in [2.45, 2.75) is 18.7 Å². The van der Waals surface area contributed by atoms with Gasteiger partial charge < -0.3 is 14.8 Å². The van der Waals surface area contributed by atoms with Gasteiger partial charge in [0.1, 0.15) is 23.9 Å². The second-order valence-electron chi connectivity index (χ2n) is 9.03. The molecule has 7 heteroatoms. The predicted molar refractivity (Wildman–Crippen MR) is 148 cm³/mol. The number of benzene rings is 4. The van der Waals surface area contributed by atoms with Crippen LogP contribution in [0.15, 0.2) is 115 Å². The van der Waals surface area contributed by atoms with Gasteiger partial charge in [-0.05, 0) is 60.2 Å². The third-order valence-electron chi connectivity index (χ3n) is 6.52. The minimum absolute atomic E-state index is 0.295. The smallest absolute Gasteiger partial charge is 0.323 e. The van der Waals surface area contributed by atoms with E-state index in [4.69, 9.17) is 9.47 Å². The van der Waals surface area contributed by atoms with Gasteiger partial charge in [-0.15, -0.1) is 0 Å². The van der Waals surface area contributed by atoms with Crippen molar-refractivity contribution in [2.24, 2.45) is 0 Å². The molecule has 0 bridgehead atoms. The molecule has 4 aromatic carbocycles. The van der Waals surface area contributed by atoms with E-state index < -0.39 is 17.9 Å². The first-order valence-corrected chi connectivity index (χ1v) is 12.5. The second kappa shape index (κ2) is 11.6.